The van der Waals surface area contributed by atoms with Crippen LogP contribution in [-0.4, -0.2) is 39.4 Å². The lowest BCUT2D eigenvalue weighted by Gasteiger charge is -2.24. The molecule has 0 aliphatic heterocycles. The van der Waals surface area contributed by atoms with Gasteiger partial charge in [0.1, 0.15) is 12.3 Å². The van der Waals surface area contributed by atoms with Crippen molar-refractivity contribution < 1.29 is 17.9 Å². The van der Waals surface area contributed by atoms with Crippen LogP contribution in [0.25, 0.3) is 0 Å². The Kier molecular flexibility index (Phi) is 8.58. The fourth-order valence-corrected chi connectivity index (χ4v) is 4.67. The van der Waals surface area contributed by atoms with E-state index in [2.05, 4.69) is 5.32 Å². The molecule has 3 aromatic carbocycles. The SMILES string of the molecule is CS(=O)(=O)N(CC(=O)NCCCSc1ccccc1)c1ccccc1Oc1ccccc1. The third-order valence-corrected chi connectivity index (χ3v) is 6.67. The molecule has 0 fully saturated rings. The van der Waals surface area contributed by atoms with E-state index < -0.39 is 10.0 Å². The molecule has 0 radical (unpaired) electrons. The Labute approximate surface area is 193 Å². The highest BCUT2D eigenvalue weighted by atomic mass is 32.2. The van der Waals surface area contributed by atoms with Crippen molar-refractivity contribution in [1.29, 1.82) is 0 Å². The first-order valence-corrected chi connectivity index (χ1v) is 13.0. The summed E-state index contributed by atoms with van der Waals surface area (Å²) in [5, 5.41) is 2.81. The summed E-state index contributed by atoms with van der Waals surface area (Å²) in [7, 11) is -3.71. The molecule has 0 aliphatic rings. The molecule has 3 rings (SSSR count). The molecule has 0 aliphatic carbocycles. The van der Waals surface area contributed by atoms with Crippen LogP contribution >= 0.6 is 11.8 Å². The summed E-state index contributed by atoms with van der Waals surface area (Å²) in [6, 6.07) is 25.9. The summed E-state index contributed by atoms with van der Waals surface area (Å²) in [6.07, 6.45) is 1.86. The van der Waals surface area contributed by atoms with E-state index in [1.807, 2.05) is 48.5 Å². The summed E-state index contributed by atoms with van der Waals surface area (Å²) in [5.74, 6) is 1.42. The van der Waals surface area contributed by atoms with Crippen molar-refractivity contribution >= 4 is 33.4 Å². The highest BCUT2D eigenvalue weighted by Gasteiger charge is 2.24. The number of anilines is 1. The van der Waals surface area contributed by atoms with E-state index in [1.54, 1.807) is 48.2 Å². The molecule has 0 spiro atoms. The molecule has 1 amide bonds. The molecular formula is C24H26N2O4S2. The topological polar surface area (TPSA) is 75.7 Å². The number of ether oxygens (including phenoxy) is 1. The summed E-state index contributed by atoms with van der Waals surface area (Å²) in [6.45, 7) is 0.151. The zero-order valence-electron chi connectivity index (χ0n) is 17.8. The average Bonchev–Trinajstić information content (AvgIpc) is 2.78. The van der Waals surface area contributed by atoms with Gasteiger partial charge in [-0.15, -0.1) is 11.8 Å². The van der Waals surface area contributed by atoms with Crippen molar-refractivity contribution in [2.45, 2.75) is 11.3 Å². The van der Waals surface area contributed by atoms with E-state index in [-0.39, 0.29) is 12.5 Å². The van der Waals surface area contributed by atoms with Crippen molar-refractivity contribution in [2.75, 3.05) is 29.4 Å². The number of nitrogens with zero attached hydrogens (tertiary/aromatic N) is 1. The molecule has 0 unspecified atom stereocenters. The number of sulfonamides is 1. The smallest absolute Gasteiger partial charge is 0.240 e. The number of hydrogen-bond acceptors (Lipinski definition) is 5. The molecule has 1 N–H and O–H groups in total. The number of carbonyl (C=O) groups is 1. The van der Waals surface area contributed by atoms with Crippen LogP contribution in [0.15, 0.2) is 89.8 Å². The second-order valence-electron chi connectivity index (χ2n) is 7.02. The third kappa shape index (κ3) is 7.32. The molecular weight excluding hydrogens is 444 g/mol. The minimum absolute atomic E-state index is 0.314. The van der Waals surface area contributed by atoms with Gasteiger partial charge < -0.3 is 10.1 Å². The molecule has 168 valence electrons. The Morgan fingerprint density at radius 1 is 0.938 bits per heavy atom. The second kappa shape index (κ2) is 11.6. The Morgan fingerprint density at radius 2 is 1.56 bits per heavy atom. The molecule has 0 saturated carbocycles. The number of amides is 1. The van der Waals surface area contributed by atoms with Crippen LogP contribution in [0.3, 0.4) is 0 Å². The molecule has 6 nitrogen and oxygen atoms in total. The summed E-state index contributed by atoms with van der Waals surface area (Å²) in [4.78, 5) is 13.7. The number of hydrogen-bond donors (Lipinski definition) is 1. The van der Waals surface area contributed by atoms with Gasteiger partial charge in [-0.05, 0) is 48.6 Å². The van der Waals surface area contributed by atoms with Crippen LogP contribution in [-0.2, 0) is 14.8 Å². The maximum atomic E-state index is 12.5. The fraction of sp³-hybridized carbons (Fsp3) is 0.208. The lowest BCUT2D eigenvalue weighted by molar-refractivity contribution is -0.119. The minimum Gasteiger partial charge on any atom is -0.455 e. The lowest BCUT2D eigenvalue weighted by atomic mass is 10.3. The van der Waals surface area contributed by atoms with Crippen molar-refractivity contribution in [1.82, 2.24) is 5.32 Å². The van der Waals surface area contributed by atoms with E-state index >= 15 is 0 Å². The summed E-state index contributed by atoms with van der Waals surface area (Å²) < 4.78 is 31.9. The largest absolute Gasteiger partial charge is 0.455 e. The summed E-state index contributed by atoms with van der Waals surface area (Å²) >= 11 is 1.72. The van der Waals surface area contributed by atoms with E-state index in [0.29, 0.717) is 23.7 Å². The number of para-hydroxylation sites is 3. The van der Waals surface area contributed by atoms with Crippen LogP contribution in [0, 0.1) is 0 Å². The van der Waals surface area contributed by atoms with E-state index in [1.165, 1.54) is 4.90 Å². The highest BCUT2D eigenvalue weighted by molar-refractivity contribution is 7.99. The first kappa shape index (κ1) is 23.7. The third-order valence-electron chi connectivity index (χ3n) is 4.45. The normalized spacial score (nSPS) is 11.0. The average molecular weight is 471 g/mol. The van der Waals surface area contributed by atoms with Crippen LogP contribution in [0.2, 0.25) is 0 Å². The summed E-state index contributed by atoms with van der Waals surface area (Å²) in [5.41, 5.74) is 0.314. The molecule has 0 saturated heterocycles. The van der Waals surface area contributed by atoms with Crippen LogP contribution in [0.4, 0.5) is 5.69 Å². The lowest BCUT2D eigenvalue weighted by Crippen LogP contribution is -2.40. The van der Waals surface area contributed by atoms with Crippen molar-refractivity contribution in [3.63, 3.8) is 0 Å². The zero-order valence-corrected chi connectivity index (χ0v) is 19.4. The van der Waals surface area contributed by atoms with E-state index in [9.17, 15) is 13.2 Å². The van der Waals surface area contributed by atoms with Crippen molar-refractivity contribution in [3.8, 4) is 11.5 Å². The first-order chi connectivity index (χ1) is 15.4. The number of nitrogens with one attached hydrogen (secondary N) is 1. The van der Waals surface area contributed by atoms with E-state index in [4.69, 9.17) is 4.74 Å². The number of rotatable bonds is 11. The van der Waals surface area contributed by atoms with E-state index in [0.717, 1.165) is 22.7 Å². The van der Waals surface area contributed by atoms with Gasteiger partial charge in [-0.3, -0.25) is 9.10 Å². The van der Waals surface area contributed by atoms with Crippen LogP contribution in [0.1, 0.15) is 6.42 Å². The van der Waals surface area contributed by atoms with Gasteiger partial charge in [0.2, 0.25) is 15.9 Å². The second-order valence-corrected chi connectivity index (χ2v) is 10.1. The van der Waals surface area contributed by atoms with Crippen LogP contribution < -0.4 is 14.4 Å². The van der Waals surface area contributed by atoms with Gasteiger partial charge in [0.05, 0.1) is 11.9 Å². The number of thioether (sulfide) groups is 1. The number of carbonyl (C=O) groups excluding carboxylic acids is 1. The maximum absolute atomic E-state index is 12.5. The maximum Gasteiger partial charge on any atom is 0.240 e. The van der Waals surface area contributed by atoms with Crippen molar-refractivity contribution in [3.05, 3.63) is 84.9 Å². The quantitative estimate of drug-likeness (QED) is 0.329. The van der Waals surface area contributed by atoms with Gasteiger partial charge in [-0.2, -0.15) is 0 Å². The standard InChI is InChI=1S/C24H26N2O4S2/c1-32(28,29)26(19-24(27)25-17-10-18-31-21-13-6-3-7-14-21)22-15-8-9-16-23(22)30-20-11-4-2-5-12-20/h2-9,11-16H,10,17-19H2,1H3,(H,25,27). The molecule has 0 aromatic heterocycles. The fourth-order valence-electron chi connectivity index (χ4n) is 2.94. The minimum atomic E-state index is -3.71. The Morgan fingerprint density at radius 3 is 2.25 bits per heavy atom. The molecule has 0 atom stereocenters. The van der Waals surface area contributed by atoms with Gasteiger partial charge in [-0.25, -0.2) is 8.42 Å². The van der Waals surface area contributed by atoms with Gasteiger partial charge in [-0.1, -0.05) is 48.5 Å². The van der Waals surface area contributed by atoms with Gasteiger partial charge in [0, 0.05) is 11.4 Å². The predicted octanol–water partition coefficient (Wildman–Crippen LogP) is 4.54. The Balaban J connectivity index is 1.60. The molecule has 0 heterocycles. The van der Waals surface area contributed by atoms with Gasteiger partial charge in [0.25, 0.3) is 0 Å². The van der Waals surface area contributed by atoms with Gasteiger partial charge >= 0.3 is 0 Å². The molecule has 3 aromatic rings. The zero-order chi connectivity index (χ0) is 22.8. The monoisotopic (exact) mass is 470 g/mol. The molecule has 8 heteroatoms. The van der Waals surface area contributed by atoms with Crippen molar-refractivity contribution in [2.24, 2.45) is 0 Å². The highest BCUT2D eigenvalue weighted by Crippen LogP contribution is 2.33. The molecule has 32 heavy (non-hydrogen) atoms. The molecule has 0 bridgehead atoms. The van der Waals surface area contributed by atoms with Crippen LogP contribution in [0.5, 0.6) is 11.5 Å². The Bertz CT molecular complexity index is 1110. The van der Waals surface area contributed by atoms with Gasteiger partial charge in [0.15, 0.2) is 5.75 Å². The first-order valence-electron chi connectivity index (χ1n) is 10.2. The predicted molar refractivity (Wildman–Crippen MR) is 130 cm³/mol. The Hall–Kier alpha value is -2.97. The number of benzene rings is 3.